The molecule has 1 saturated heterocycles. The number of nitrogens with zero attached hydrogens (tertiary/aromatic N) is 1. The van der Waals surface area contributed by atoms with E-state index in [2.05, 4.69) is 17.0 Å². The highest BCUT2D eigenvalue weighted by Crippen LogP contribution is 2.24. The molecule has 1 atom stereocenters. The molecular formula is C14H22N2O2. The van der Waals surface area contributed by atoms with Gasteiger partial charge in [-0.15, -0.1) is 0 Å². The van der Waals surface area contributed by atoms with Crippen LogP contribution >= 0.6 is 0 Å². The third-order valence-electron chi connectivity index (χ3n) is 3.16. The van der Waals surface area contributed by atoms with Crippen LogP contribution in [0.4, 0.5) is 0 Å². The second kappa shape index (κ2) is 6.73. The number of benzene rings is 1. The van der Waals surface area contributed by atoms with E-state index < -0.39 is 0 Å². The first-order valence-electron chi connectivity index (χ1n) is 6.60. The molecule has 0 bridgehead atoms. The fourth-order valence-electron chi connectivity index (χ4n) is 2.24. The van der Waals surface area contributed by atoms with E-state index in [1.54, 1.807) is 0 Å². The number of nitrogens with two attached hydrogens (primary N) is 1. The minimum Gasteiger partial charge on any atom is -0.494 e. The van der Waals surface area contributed by atoms with Crippen molar-refractivity contribution >= 4 is 0 Å². The van der Waals surface area contributed by atoms with Crippen LogP contribution in [0.3, 0.4) is 0 Å². The van der Waals surface area contributed by atoms with Crippen molar-refractivity contribution in [2.45, 2.75) is 13.0 Å². The van der Waals surface area contributed by atoms with Crippen LogP contribution in [-0.2, 0) is 4.74 Å². The average molecular weight is 250 g/mol. The molecule has 0 aliphatic carbocycles. The molecule has 1 fully saturated rings. The monoisotopic (exact) mass is 250 g/mol. The molecule has 0 aromatic heterocycles. The third kappa shape index (κ3) is 3.45. The fraction of sp³-hybridized carbons (Fsp3) is 0.571. The van der Waals surface area contributed by atoms with Crippen LogP contribution in [0.5, 0.6) is 5.75 Å². The Balaban J connectivity index is 1.97. The summed E-state index contributed by atoms with van der Waals surface area (Å²) in [4.78, 5) is 2.35. The number of morpholine rings is 1. The lowest BCUT2D eigenvalue weighted by atomic mass is 10.1. The Kier molecular flexibility index (Phi) is 4.99. The fourth-order valence-corrected chi connectivity index (χ4v) is 2.24. The first-order chi connectivity index (χ1) is 8.83. The Morgan fingerprint density at radius 1 is 1.39 bits per heavy atom. The van der Waals surface area contributed by atoms with Gasteiger partial charge in [-0.2, -0.15) is 0 Å². The summed E-state index contributed by atoms with van der Waals surface area (Å²) < 4.78 is 11.3. The summed E-state index contributed by atoms with van der Waals surface area (Å²) in [5.74, 6) is 0.913. The first-order valence-corrected chi connectivity index (χ1v) is 6.60. The van der Waals surface area contributed by atoms with Crippen LogP contribution < -0.4 is 10.5 Å². The van der Waals surface area contributed by atoms with Gasteiger partial charge < -0.3 is 15.2 Å². The Hall–Kier alpha value is -1.10. The van der Waals surface area contributed by atoms with E-state index >= 15 is 0 Å². The largest absolute Gasteiger partial charge is 0.494 e. The molecule has 0 saturated carbocycles. The molecule has 1 aromatic rings. The van der Waals surface area contributed by atoms with Crippen LogP contribution in [0.2, 0.25) is 0 Å². The van der Waals surface area contributed by atoms with Gasteiger partial charge in [-0.1, -0.05) is 12.1 Å². The molecule has 0 spiro atoms. The third-order valence-corrected chi connectivity index (χ3v) is 3.16. The molecule has 2 rings (SSSR count). The number of hydrogen-bond acceptors (Lipinski definition) is 4. The molecule has 1 unspecified atom stereocenters. The highest BCUT2D eigenvalue weighted by Gasteiger charge is 2.21. The summed E-state index contributed by atoms with van der Waals surface area (Å²) in [5.41, 5.74) is 6.81. The summed E-state index contributed by atoms with van der Waals surface area (Å²) in [7, 11) is 0. The van der Waals surface area contributed by atoms with E-state index in [-0.39, 0.29) is 6.10 Å². The van der Waals surface area contributed by atoms with Crippen molar-refractivity contribution < 1.29 is 9.47 Å². The number of hydrogen-bond donors (Lipinski definition) is 1. The molecule has 0 amide bonds. The molecule has 4 nitrogen and oxygen atoms in total. The molecule has 1 aliphatic rings. The standard InChI is InChI=1S/C14H22N2O2/c1-2-17-13-5-3-12(4-6-13)14-11-16(8-7-15)9-10-18-14/h3-6,14H,2,7-11,15H2,1H3. The van der Waals surface area contributed by atoms with Crippen LogP contribution in [0, 0.1) is 0 Å². The molecule has 1 aromatic carbocycles. The van der Waals surface area contributed by atoms with Gasteiger partial charge in [0.25, 0.3) is 0 Å². The van der Waals surface area contributed by atoms with Gasteiger partial charge >= 0.3 is 0 Å². The topological polar surface area (TPSA) is 47.7 Å². The van der Waals surface area contributed by atoms with E-state index in [9.17, 15) is 0 Å². The minimum absolute atomic E-state index is 0.154. The van der Waals surface area contributed by atoms with E-state index in [0.717, 1.165) is 32.0 Å². The second-order valence-electron chi connectivity index (χ2n) is 4.45. The van der Waals surface area contributed by atoms with Crippen molar-refractivity contribution in [3.8, 4) is 5.75 Å². The van der Waals surface area contributed by atoms with E-state index in [1.165, 1.54) is 5.56 Å². The molecule has 100 valence electrons. The van der Waals surface area contributed by atoms with Crippen LogP contribution in [-0.4, -0.2) is 44.3 Å². The smallest absolute Gasteiger partial charge is 0.119 e. The van der Waals surface area contributed by atoms with E-state index in [0.29, 0.717) is 13.2 Å². The normalized spacial score (nSPS) is 20.9. The van der Waals surface area contributed by atoms with Gasteiger partial charge in [-0.05, 0) is 24.6 Å². The lowest BCUT2D eigenvalue weighted by Crippen LogP contribution is -2.40. The quantitative estimate of drug-likeness (QED) is 0.858. The zero-order valence-electron chi connectivity index (χ0n) is 11.0. The molecule has 4 heteroatoms. The number of rotatable bonds is 5. The first kappa shape index (κ1) is 13.3. The molecule has 0 radical (unpaired) electrons. The van der Waals surface area contributed by atoms with Crippen LogP contribution in [0.15, 0.2) is 24.3 Å². The van der Waals surface area contributed by atoms with Crippen molar-refractivity contribution in [3.05, 3.63) is 29.8 Å². The SMILES string of the molecule is CCOc1ccc(C2CN(CCN)CCO2)cc1. The van der Waals surface area contributed by atoms with Crippen LogP contribution in [0.1, 0.15) is 18.6 Å². The molecule has 1 aliphatic heterocycles. The minimum atomic E-state index is 0.154. The Labute approximate surface area is 109 Å². The summed E-state index contributed by atoms with van der Waals surface area (Å²) in [6.45, 7) is 7.01. The maximum absolute atomic E-state index is 5.82. The zero-order valence-corrected chi connectivity index (χ0v) is 11.0. The highest BCUT2D eigenvalue weighted by atomic mass is 16.5. The summed E-state index contributed by atoms with van der Waals surface area (Å²) in [6, 6.07) is 8.18. The maximum Gasteiger partial charge on any atom is 0.119 e. The van der Waals surface area contributed by atoms with Gasteiger partial charge in [-0.3, -0.25) is 4.90 Å². The lowest BCUT2D eigenvalue weighted by Gasteiger charge is -2.32. The summed E-state index contributed by atoms with van der Waals surface area (Å²) >= 11 is 0. The Bertz CT molecular complexity index is 351. The molecular weight excluding hydrogens is 228 g/mol. The van der Waals surface area contributed by atoms with Crippen LogP contribution in [0.25, 0.3) is 0 Å². The van der Waals surface area contributed by atoms with Gasteiger partial charge in [0.2, 0.25) is 0 Å². The van der Waals surface area contributed by atoms with Gasteiger partial charge in [0, 0.05) is 26.2 Å². The summed E-state index contributed by atoms with van der Waals surface area (Å²) in [5, 5.41) is 0. The zero-order chi connectivity index (χ0) is 12.8. The molecule has 18 heavy (non-hydrogen) atoms. The van der Waals surface area contributed by atoms with E-state index in [1.807, 2.05) is 19.1 Å². The van der Waals surface area contributed by atoms with Crippen molar-refractivity contribution in [3.63, 3.8) is 0 Å². The predicted octanol–water partition coefficient (Wildman–Crippen LogP) is 1.42. The van der Waals surface area contributed by atoms with Gasteiger partial charge in [0.15, 0.2) is 0 Å². The van der Waals surface area contributed by atoms with Crippen molar-refractivity contribution in [2.24, 2.45) is 5.73 Å². The average Bonchev–Trinajstić information content (AvgIpc) is 2.41. The molecule has 2 N–H and O–H groups in total. The molecule has 1 heterocycles. The van der Waals surface area contributed by atoms with Gasteiger partial charge in [-0.25, -0.2) is 0 Å². The predicted molar refractivity (Wildman–Crippen MR) is 71.8 cm³/mol. The maximum atomic E-state index is 5.82. The summed E-state index contributed by atoms with van der Waals surface area (Å²) in [6.07, 6.45) is 0.154. The van der Waals surface area contributed by atoms with Gasteiger partial charge in [0.1, 0.15) is 5.75 Å². The van der Waals surface area contributed by atoms with Crippen molar-refractivity contribution in [2.75, 3.05) is 39.4 Å². The van der Waals surface area contributed by atoms with Gasteiger partial charge in [0.05, 0.1) is 19.3 Å². The second-order valence-corrected chi connectivity index (χ2v) is 4.45. The van der Waals surface area contributed by atoms with Crippen molar-refractivity contribution in [1.29, 1.82) is 0 Å². The Morgan fingerprint density at radius 3 is 2.83 bits per heavy atom. The van der Waals surface area contributed by atoms with E-state index in [4.69, 9.17) is 15.2 Å². The number of ether oxygens (including phenoxy) is 2. The Morgan fingerprint density at radius 2 is 2.17 bits per heavy atom. The van der Waals surface area contributed by atoms with Crippen molar-refractivity contribution in [1.82, 2.24) is 4.90 Å². The highest BCUT2D eigenvalue weighted by molar-refractivity contribution is 5.29. The lowest BCUT2D eigenvalue weighted by molar-refractivity contribution is -0.0288.